The van der Waals surface area contributed by atoms with E-state index in [9.17, 15) is 0 Å². The molecule has 37 heavy (non-hydrogen) atoms. The van der Waals surface area contributed by atoms with E-state index in [2.05, 4.69) is 86.2 Å². The Kier molecular flexibility index (Phi) is 5.06. The lowest BCUT2D eigenvalue weighted by Gasteiger charge is -2.13. The number of aromatic amines is 2. The van der Waals surface area contributed by atoms with Crippen LogP contribution in [0, 0.1) is 0 Å². The van der Waals surface area contributed by atoms with Gasteiger partial charge in [0.2, 0.25) is 0 Å². The zero-order chi connectivity index (χ0) is 25.9. The summed E-state index contributed by atoms with van der Waals surface area (Å²) in [7, 11) is 1.69. The molecule has 3 aromatic heterocycles. The summed E-state index contributed by atoms with van der Waals surface area (Å²) in [5.74, 6) is 0.721. The summed E-state index contributed by atoms with van der Waals surface area (Å²) in [6.45, 7) is 8.71. The van der Waals surface area contributed by atoms with E-state index in [1.165, 1.54) is 0 Å². The Hall–Kier alpha value is -4.32. The summed E-state index contributed by atoms with van der Waals surface area (Å²) in [4.78, 5) is 17.3. The van der Waals surface area contributed by atoms with Crippen molar-refractivity contribution >= 4 is 39.9 Å². The average Bonchev–Trinajstić information content (AvgIpc) is 3.58. The Balaban J connectivity index is 1.81. The lowest BCUT2D eigenvalue weighted by atomic mass is 9.90. The number of benzene rings is 1. The minimum Gasteiger partial charge on any atom is -0.492 e. The van der Waals surface area contributed by atoms with Gasteiger partial charge in [-0.05, 0) is 66.2 Å². The fourth-order valence-corrected chi connectivity index (χ4v) is 5.18. The predicted octanol–water partition coefficient (Wildman–Crippen LogP) is 5.09. The number of nitrogens with zero attached hydrogens (tertiary/aromatic N) is 2. The van der Waals surface area contributed by atoms with Crippen LogP contribution in [-0.4, -0.2) is 27.0 Å². The minimum atomic E-state index is -0.258. The predicted molar refractivity (Wildman–Crippen MR) is 152 cm³/mol. The van der Waals surface area contributed by atoms with E-state index in [1.807, 2.05) is 24.3 Å². The third-order valence-electron chi connectivity index (χ3n) is 7.18. The number of methoxy groups -OCH3 is 1. The molecule has 5 heterocycles. The molecule has 1 aromatic carbocycles. The number of hydrogen-bond acceptors (Lipinski definition) is 4. The van der Waals surface area contributed by atoms with Crippen molar-refractivity contribution in [1.29, 1.82) is 0 Å². The van der Waals surface area contributed by atoms with Crippen LogP contribution < -0.4 is 21.2 Å². The summed E-state index contributed by atoms with van der Waals surface area (Å²) in [6, 6.07) is 20.5. The number of fused-ring (bicyclic) bond motifs is 8. The highest BCUT2D eigenvalue weighted by molar-refractivity contribution is 5.84. The van der Waals surface area contributed by atoms with E-state index in [0.29, 0.717) is 5.69 Å². The van der Waals surface area contributed by atoms with E-state index in [4.69, 9.17) is 20.4 Å². The largest absolute Gasteiger partial charge is 0.492 e. The van der Waals surface area contributed by atoms with E-state index >= 15 is 0 Å². The zero-order valence-corrected chi connectivity index (χ0v) is 21.8. The normalized spacial score (nSPS) is 15.6. The summed E-state index contributed by atoms with van der Waals surface area (Å²) < 4.78 is 5.84. The third kappa shape index (κ3) is 3.99. The van der Waals surface area contributed by atoms with Crippen LogP contribution in [0.15, 0.2) is 60.7 Å². The molecule has 0 aliphatic carbocycles. The van der Waals surface area contributed by atoms with Gasteiger partial charge in [-0.25, -0.2) is 4.98 Å². The topological polar surface area (TPSA) is 92.6 Å². The first-order valence-electron chi connectivity index (χ1n) is 12.5. The Morgan fingerprint density at radius 1 is 0.730 bits per heavy atom. The molecule has 4 aromatic rings. The summed E-state index contributed by atoms with van der Waals surface area (Å²) in [5, 5.41) is 1.74. The molecule has 0 spiro atoms. The van der Waals surface area contributed by atoms with Crippen LogP contribution in [0.3, 0.4) is 0 Å². The molecular formula is C31H31N5O. The smallest absolute Gasteiger partial charge is 0.167 e. The quantitative estimate of drug-likeness (QED) is 0.342. The van der Waals surface area contributed by atoms with Crippen molar-refractivity contribution in [2.24, 2.45) is 0 Å². The second-order valence-corrected chi connectivity index (χ2v) is 11.0. The highest BCUT2D eigenvalue weighted by Gasteiger charge is 2.26. The molecule has 0 saturated heterocycles. The zero-order valence-electron chi connectivity index (χ0n) is 21.8. The molecule has 0 fully saturated rings. The second-order valence-electron chi connectivity index (χ2n) is 11.0. The molecule has 2 aliphatic rings. The van der Waals surface area contributed by atoms with E-state index in [0.717, 1.165) is 61.0 Å². The number of nitrogens with two attached hydrogens (primary N) is 1. The molecule has 8 bridgehead atoms. The van der Waals surface area contributed by atoms with Gasteiger partial charge in [-0.3, -0.25) is 4.98 Å². The minimum absolute atomic E-state index is 0.253. The Bertz CT molecular complexity index is 1840. The Morgan fingerprint density at radius 3 is 1.97 bits per heavy atom. The van der Waals surface area contributed by atoms with Crippen LogP contribution in [0.5, 0.6) is 5.75 Å². The van der Waals surface area contributed by atoms with Gasteiger partial charge < -0.3 is 20.4 Å². The van der Waals surface area contributed by atoms with E-state index in [1.54, 1.807) is 7.11 Å². The van der Waals surface area contributed by atoms with Crippen molar-refractivity contribution in [2.45, 2.75) is 38.5 Å². The highest BCUT2D eigenvalue weighted by Crippen LogP contribution is 2.30. The SMILES string of the molecule is COc1c2nc(cc3ccc([nH]3)c(-c3cccc(N)c3)c3nc(cc4ccc1[nH]4)C(C)(C)C=3)C(C)(C)C=2. The van der Waals surface area contributed by atoms with Crippen LogP contribution in [0.2, 0.25) is 0 Å². The van der Waals surface area contributed by atoms with Gasteiger partial charge in [-0.15, -0.1) is 0 Å². The number of ether oxygens (including phenoxy) is 1. The van der Waals surface area contributed by atoms with Crippen LogP contribution >= 0.6 is 0 Å². The lowest BCUT2D eigenvalue weighted by molar-refractivity contribution is 0.414. The maximum atomic E-state index is 6.20. The first-order chi connectivity index (χ1) is 17.6. The van der Waals surface area contributed by atoms with Gasteiger partial charge in [0.1, 0.15) is 5.35 Å². The van der Waals surface area contributed by atoms with Crippen molar-refractivity contribution in [2.75, 3.05) is 12.8 Å². The summed E-state index contributed by atoms with van der Waals surface area (Å²) >= 11 is 0. The standard InChI is InChI=1S/C31H31N5O/c1-30(2)16-24-28(18-7-6-8-19(32)13-18)22-11-9-20(33-22)14-27-31(3,4)17-25(36-27)29(37-5)23-12-10-21(34-23)15-26(30)35-24/h6-17,33-34H,32H2,1-5H3. The lowest BCUT2D eigenvalue weighted by Crippen LogP contribution is -2.10. The average molecular weight is 490 g/mol. The third-order valence-corrected chi connectivity index (χ3v) is 7.18. The fourth-order valence-electron chi connectivity index (χ4n) is 5.18. The molecule has 0 unspecified atom stereocenters. The van der Waals surface area contributed by atoms with Gasteiger partial charge in [-0.2, -0.15) is 0 Å². The van der Waals surface area contributed by atoms with Crippen molar-refractivity contribution in [3.05, 3.63) is 82.7 Å². The monoisotopic (exact) mass is 489 g/mol. The molecule has 0 saturated carbocycles. The molecule has 0 atom stereocenters. The maximum absolute atomic E-state index is 6.20. The first kappa shape index (κ1) is 23.1. The molecule has 6 rings (SSSR count). The van der Waals surface area contributed by atoms with Crippen LogP contribution in [0.1, 0.15) is 39.1 Å². The van der Waals surface area contributed by atoms with Crippen molar-refractivity contribution in [1.82, 2.24) is 19.9 Å². The number of hydrogen-bond donors (Lipinski definition) is 3. The van der Waals surface area contributed by atoms with Crippen LogP contribution in [-0.2, 0) is 10.8 Å². The number of H-pyrrole nitrogens is 2. The van der Waals surface area contributed by atoms with Crippen molar-refractivity contribution in [3.8, 4) is 16.9 Å². The number of aromatic nitrogens is 4. The molecule has 6 heteroatoms. The van der Waals surface area contributed by atoms with Gasteiger partial charge in [0.25, 0.3) is 0 Å². The number of anilines is 1. The summed E-state index contributed by atoms with van der Waals surface area (Å²) in [5.41, 5.74) is 14.2. The van der Waals surface area contributed by atoms with E-state index < -0.39 is 0 Å². The van der Waals surface area contributed by atoms with E-state index in [-0.39, 0.29) is 10.8 Å². The number of rotatable bonds is 2. The molecule has 186 valence electrons. The Labute approximate surface area is 215 Å². The first-order valence-corrected chi connectivity index (χ1v) is 12.5. The van der Waals surface area contributed by atoms with Crippen molar-refractivity contribution in [3.63, 3.8) is 0 Å². The van der Waals surface area contributed by atoms with Gasteiger partial charge >= 0.3 is 0 Å². The van der Waals surface area contributed by atoms with Crippen molar-refractivity contribution < 1.29 is 4.74 Å². The highest BCUT2D eigenvalue weighted by atomic mass is 16.5. The summed E-state index contributed by atoms with van der Waals surface area (Å²) in [6.07, 6.45) is 4.39. The maximum Gasteiger partial charge on any atom is 0.167 e. The Morgan fingerprint density at radius 2 is 1.32 bits per heavy atom. The molecule has 4 N–H and O–H groups in total. The number of nitrogens with one attached hydrogen (secondary N) is 2. The fraction of sp³-hybridized carbons (Fsp3) is 0.226. The van der Waals surface area contributed by atoms with Gasteiger partial charge in [-0.1, -0.05) is 39.8 Å². The second kappa shape index (κ2) is 8.10. The molecule has 0 amide bonds. The number of nitrogen functional groups attached to an aromatic ring is 1. The molecule has 2 aliphatic heterocycles. The van der Waals surface area contributed by atoms with Crippen LogP contribution in [0.4, 0.5) is 5.69 Å². The van der Waals surface area contributed by atoms with Gasteiger partial charge in [0, 0.05) is 38.6 Å². The molecular weight excluding hydrogens is 458 g/mol. The van der Waals surface area contributed by atoms with Crippen LogP contribution in [0.25, 0.3) is 45.3 Å². The molecule has 6 nitrogen and oxygen atoms in total. The van der Waals surface area contributed by atoms with Gasteiger partial charge in [0.05, 0.1) is 29.4 Å². The van der Waals surface area contributed by atoms with Gasteiger partial charge in [0.15, 0.2) is 5.75 Å². The molecule has 0 radical (unpaired) electrons.